The van der Waals surface area contributed by atoms with Crippen LogP contribution in [0.3, 0.4) is 0 Å². The second-order valence-electron chi connectivity index (χ2n) is 9.10. The molecule has 36 heavy (non-hydrogen) atoms. The third-order valence-electron chi connectivity index (χ3n) is 6.72. The molecule has 0 bridgehead atoms. The van der Waals surface area contributed by atoms with Crippen LogP contribution in [0.4, 0.5) is 4.39 Å². The minimum absolute atomic E-state index is 0.0720. The second kappa shape index (κ2) is 11.2. The number of fused-ring (bicyclic) bond motifs is 1. The van der Waals surface area contributed by atoms with Crippen molar-refractivity contribution in [2.75, 3.05) is 32.8 Å². The monoisotopic (exact) mass is 508 g/mol. The van der Waals surface area contributed by atoms with Gasteiger partial charge in [-0.2, -0.15) is 0 Å². The Morgan fingerprint density at radius 1 is 1.11 bits per heavy atom. The van der Waals surface area contributed by atoms with Crippen LogP contribution in [-0.4, -0.2) is 60.6 Å². The Hall–Kier alpha value is -3.23. The topological polar surface area (TPSA) is 59.1 Å². The molecule has 3 aromatic rings. The van der Waals surface area contributed by atoms with Crippen LogP contribution in [0.15, 0.2) is 66.0 Å². The van der Waals surface area contributed by atoms with Crippen LogP contribution in [0.25, 0.3) is 0 Å². The number of para-hydroxylation sites is 1. The molecule has 1 aromatic heterocycles. The van der Waals surface area contributed by atoms with Gasteiger partial charge in [0.25, 0.3) is 5.91 Å². The Balaban J connectivity index is 1.35. The summed E-state index contributed by atoms with van der Waals surface area (Å²) in [4.78, 5) is 31.7. The predicted molar refractivity (Wildman–Crippen MR) is 136 cm³/mol. The van der Waals surface area contributed by atoms with Crippen LogP contribution in [0, 0.1) is 5.82 Å². The Labute approximate surface area is 214 Å². The Morgan fingerprint density at radius 2 is 1.92 bits per heavy atom. The van der Waals surface area contributed by atoms with Crippen molar-refractivity contribution in [1.82, 2.24) is 9.80 Å². The molecule has 3 heterocycles. The molecule has 2 atom stereocenters. The minimum atomic E-state index is -0.408. The number of rotatable bonds is 8. The van der Waals surface area contributed by atoms with Crippen LogP contribution >= 0.6 is 11.3 Å². The van der Waals surface area contributed by atoms with Crippen LogP contribution in [0.1, 0.15) is 39.7 Å². The molecule has 2 aromatic carbocycles. The van der Waals surface area contributed by atoms with Gasteiger partial charge in [-0.1, -0.05) is 18.2 Å². The second-order valence-corrected chi connectivity index (χ2v) is 10.1. The van der Waals surface area contributed by atoms with Crippen LogP contribution in [-0.2, 0) is 16.0 Å². The van der Waals surface area contributed by atoms with Crippen LogP contribution < -0.4 is 4.74 Å². The van der Waals surface area contributed by atoms with Crippen molar-refractivity contribution in [2.24, 2.45) is 0 Å². The van der Waals surface area contributed by atoms with Crippen molar-refractivity contribution in [3.63, 3.8) is 0 Å². The summed E-state index contributed by atoms with van der Waals surface area (Å²) in [6.45, 7) is 1.80. The first-order valence-corrected chi connectivity index (χ1v) is 13.2. The van der Waals surface area contributed by atoms with Gasteiger partial charge < -0.3 is 19.3 Å². The van der Waals surface area contributed by atoms with Gasteiger partial charge in [-0.25, -0.2) is 4.39 Å². The minimum Gasteiger partial charge on any atom is -0.491 e. The SMILES string of the molecule is O=C(c1ccc(F)cc1)N(CC(=O)N1CCc2sccc2C1COc1ccccc1)CC1CCCO1. The molecule has 5 rings (SSSR count). The van der Waals surface area contributed by atoms with E-state index in [-0.39, 0.29) is 30.5 Å². The molecule has 188 valence electrons. The summed E-state index contributed by atoms with van der Waals surface area (Å²) in [7, 11) is 0. The maximum Gasteiger partial charge on any atom is 0.254 e. The molecule has 0 spiro atoms. The van der Waals surface area contributed by atoms with Gasteiger partial charge in [0.15, 0.2) is 0 Å². The molecule has 1 fully saturated rings. The van der Waals surface area contributed by atoms with Gasteiger partial charge in [0.2, 0.25) is 5.91 Å². The van der Waals surface area contributed by atoms with Crippen molar-refractivity contribution >= 4 is 23.2 Å². The number of ether oxygens (including phenoxy) is 2. The van der Waals surface area contributed by atoms with Crippen molar-refractivity contribution in [3.8, 4) is 5.75 Å². The normalized spacial score (nSPS) is 19.1. The fourth-order valence-corrected chi connectivity index (χ4v) is 5.78. The molecule has 0 aliphatic carbocycles. The summed E-state index contributed by atoms with van der Waals surface area (Å²) < 4.78 is 25.3. The summed E-state index contributed by atoms with van der Waals surface area (Å²) in [5.41, 5.74) is 1.45. The lowest BCUT2D eigenvalue weighted by molar-refractivity contribution is -0.135. The number of carbonyl (C=O) groups is 2. The molecule has 1 saturated heterocycles. The fraction of sp³-hybridized carbons (Fsp3) is 0.357. The van der Waals surface area contributed by atoms with Gasteiger partial charge >= 0.3 is 0 Å². The number of nitrogens with zero attached hydrogens (tertiary/aromatic N) is 2. The van der Waals surface area contributed by atoms with Gasteiger partial charge in [-0.15, -0.1) is 11.3 Å². The molecular weight excluding hydrogens is 479 g/mol. The van der Waals surface area contributed by atoms with Gasteiger partial charge in [0.1, 0.15) is 24.7 Å². The maximum absolute atomic E-state index is 13.7. The quantitative estimate of drug-likeness (QED) is 0.442. The highest BCUT2D eigenvalue weighted by Gasteiger charge is 2.34. The molecular formula is C28H29FN2O4S. The molecule has 2 aliphatic rings. The number of amides is 2. The van der Waals surface area contributed by atoms with Crippen molar-refractivity contribution < 1.29 is 23.5 Å². The Kier molecular flexibility index (Phi) is 7.63. The van der Waals surface area contributed by atoms with Crippen molar-refractivity contribution in [2.45, 2.75) is 31.4 Å². The van der Waals surface area contributed by atoms with E-state index >= 15 is 0 Å². The zero-order chi connectivity index (χ0) is 24.9. The van der Waals surface area contributed by atoms with E-state index in [4.69, 9.17) is 9.47 Å². The summed E-state index contributed by atoms with van der Waals surface area (Å²) in [6, 6.07) is 16.8. The van der Waals surface area contributed by atoms with Crippen LogP contribution in [0.2, 0.25) is 0 Å². The third-order valence-corrected chi connectivity index (χ3v) is 7.72. The lowest BCUT2D eigenvalue weighted by Crippen LogP contribution is -2.49. The van der Waals surface area contributed by atoms with E-state index in [0.717, 1.165) is 30.6 Å². The summed E-state index contributed by atoms with van der Waals surface area (Å²) in [5, 5.41) is 2.05. The average Bonchev–Trinajstić information content (AvgIpc) is 3.59. The highest BCUT2D eigenvalue weighted by molar-refractivity contribution is 7.10. The zero-order valence-corrected chi connectivity index (χ0v) is 20.8. The molecule has 0 radical (unpaired) electrons. The van der Waals surface area contributed by atoms with Crippen molar-refractivity contribution in [3.05, 3.63) is 87.9 Å². The molecule has 8 heteroatoms. The van der Waals surface area contributed by atoms with E-state index in [1.54, 1.807) is 16.2 Å². The summed E-state index contributed by atoms with van der Waals surface area (Å²) >= 11 is 1.70. The number of carbonyl (C=O) groups excluding carboxylic acids is 2. The van der Waals surface area contributed by atoms with E-state index in [0.29, 0.717) is 31.9 Å². The largest absolute Gasteiger partial charge is 0.491 e. The maximum atomic E-state index is 13.7. The standard InChI is InChI=1S/C28H29FN2O4S/c29-21-10-8-20(9-11-21)28(33)30(17-23-7-4-15-34-23)18-27(32)31-14-12-26-24(13-16-36-26)25(31)19-35-22-5-2-1-3-6-22/h1-3,5-6,8-11,13,16,23,25H,4,7,12,14-15,17-19H2. The van der Waals surface area contributed by atoms with E-state index in [1.165, 1.54) is 29.1 Å². The van der Waals surface area contributed by atoms with Gasteiger partial charge in [-0.3, -0.25) is 9.59 Å². The number of hydrogen-bond acceptors (Lipinski definition) is 5. The van der Waals surface area contributed by atoms with E-state index in [9.17, 15) is 14.0 Å². The predicted octanol–water partition coefficient (Wildman–Crippen LogP) is 4.71. The first kappa shape index (κ1) is 24.5. The number of thiophene rings is 1. The zero-order valence-electron chi connectivity index (χ0n) is 20.0. The fourth-order valence-electron chi connectivity index (χ4n) is 4.85. The molecule has 0 N–H and O–H groups in total. The molecule has 2 aliphatic heterocycles. The first-order valence-electron chi connectivity index (χ1n) is 12.3. The Bertz CT molecular complexity index is 1180. The van der Waals surface area contributed by atoms with E-state index in [1.807, 2.05) is 35.2 Å². The number of hydrogen-bond donors (Lipinski definition) is 0. The third kappa shape index (κ3) is 5.60. The highest BCUT2D eigenvalue weighted by atomic mass is 32.1. The van der Waals surface area contributed by atoms with E-state index in [2.05, 4.69) is 11.4 Å². The lowest BCUT2D eigenvalue weighted by Gasteiger charge is -2.37. The lowest BCUT2D eigenvalue weighted by atomic mass is 10.00. The Morgan fingerprint density at radius 3 is 2.67 bits per heavy atom. The van der Waals surface area contributed by atoms with Crippen molar-refractivity contribution in [1.29, 1.82) is 0 Å². The first-order chi connectivity index (χ1) is 17.6. The molecule has 6 nitrogen and oxygen atoms in total. The van der Waals surface area contributed by atoms with Gasteiger partial charge in [-0.05, 0) is 72.7 Å². The van der Waals surface area contributed by atoms with Crippen LogP contribution in [0.5, 0.6) is 5.75 Å². The highest BCUT2D eigenvalue weighted by Crippen LogP contribution is 2.34. The van der Waals surface area contributed by atoms with Gasteiger partial charge in [0.05, 0.1) is 12.1 Å². The number of halogens is 1. The molecule has 2 amide bonds. The van der Waals surface area contributed by atoms with Gasteiger partial charge in [0, 0.05) is 30.1 Å². The number of benzene rings is 2. The summed E-state index contributed by atoms with van der Waals surface area (Å²) in [5.74, 6) is -0.0978. The molecule has 2 unspecified atom stereocenters. The average molecular weight is 509 g/mol. The smallest absolute Gasteiger partial charge is 0.254 e. The molecule has 0 saturated carbocycles. The summed E-state index contributed by atoms with van der Waals surface area (Å²) in [6.07, 6.45) is 2.45. The van der Waals surface area contributed by atoms with E-state index < -0.39 is 5.82 Å².